The molecule has 0 aliphatic carbocycles. The number of fused-ring (bicyclic) bond motifs is 1. The third kappa shape index (κ3) is 2.10. The van der Waals surface area contributed by atoms with Crippen molar-refractivity contribution in [2.24, 2.45) is 5.92 Å². The molecule has 0 spiro atoms. The van der Waals surface area contributed by atoms with E-state index in [1.165, 1.54) is 6.20 Å². The van der Waals surface area contributed by atoms with Crippen LogP contribution in [-0.2, 0) is 0 Å². The van der Waals surface area contributed by atoms with Crippen molar-refractivity contribution in [2.75, 3.05) is 19.7 Å². The van der Waals surface area contributed by atoms with Crippen LogP contribution in [0.3, 0.4) is 0 Å². The second-order valence-corrected chi connectivity index (χ2v) is 5.17. The molecular formula is C15H16N2O3. The van der Waals surface area contributed by atoms with Crippen LogP contribution >= 0.6 is 0 Å². The highest BCUT2D eigenvalue weighted by atomic mass is 16.3. The maximum Gasteiger partial charge on any atom is 0.259 e. The zero-order valence-corrected chi connectivity index (χ0v) is 11.0. The van der Waals surface area contributed by atoms with Gasteiger partial charge in [-0.15, -0.1) is 0 Å². The van der Waals surface area contributed by atoms with Crippen LogP contribution in [0.15, 0.2) is 35.3 Å². The van der Waals surface area contributed by atoms with Gasteiger partial charge in [0.15, 0.2) is 0 Å². The van der Waals surface area contributed by atoms with Gasteiger partial charge < -0.3 is 15.0 Å². The van der Waals surface area contributed by atoms with E-state index in [4.69, 9.17) is 5.11 Å². The van der Waals surface area contributed by atoms with E-state index in [2.05, 4.69) is 4.98 Å². The molecule has 1 aliphatic rings. The monoisotopic (exact) mass is 272 g/mol. The van der Waals surface area contributed by atoms with Crippen LogP contribution in [0.25, 0.3) is 10.9 Å². The lowest BCUT2D eigenvalue weighted by molar-refractivity contribution is 0.0780. The van der Waals surface area contributed by atoms with Crippen molar-refractivity contribution < 1.29 is 9.90 Å². The quantitative estimate of drug-likeness (QED) is 0.856. The first kappa shape index (κ1) is 12.9. The Kier molecular flexibility index (Phi) is 3.28. The van der Waals surface area contributed by atoms with Crippen LogP contribution in [-0.4, -0.2) is 40.6 Å². The Morgan fingerprint density at radius 3 is 2.95 bits per heavy atom. The van der Waals surface area contributed by atoms with Crippen molar-refractivity contribution in [1.29, 1.82) is 0 Å². The number of carbonyl (C=O) groups is 1. The number of aromatic amines is 1. The number of carbonyl (C=O) groups excluding carboxylic acids is 1. The van der Waals surface area contributed by atoms with Crippen molar-refractivity contribution >= 4 is 16.8 Å². The number of aliphatic hydroxyl groups excluding tert-OH is 1. The predicted molar refractivity (Wildman–Crippen MR) is 75.7 cm³/mol. The molecular weight excluding hydrogens is 256 g/mol. The smallest absolute Gasteiger partial charge is 0.259 e. The lowest BCUT2D eigenvalue weighted by atomic mass is 10.1. The van der Waals surface area contributed by atoms with Crippen molar-refractivity contribution in [2.45, 2.75) is 6.42 Å². The predicted octanol–water partition coefficient (Wildman–Crippen LogP) is 0.982. The minimum absolute atomic E-state index is 0.0812. The number of hydrogen-bond donors (Lipinski definition) is 2. The van der Waals surface area contributed by atoms with Crippen molar-refractivity contribution in [3.63, 3.8) is 0 Å². The first-order valence-corrected chi connectivity index (χ1v) is 6.71. The molecule has 2 heterocycles. The fourth-order valence-corrected chi connectivity index (χ4v) is 2.66. The standard InChI is InChI=1S/C15H16N2O3/c18-9-10-5-6-17(8-10)15(20)12-7-16-13-4-2-1-3-11(13)14(12)19/h1-4,7,10,18H,5-6,8-9H2,(H,16,19). The summed E-state index contributed by atoms with van der Waals surface area (Å²) >= 11 is 0. The lowest BCUT2D eigenvalue weighted by Crippen LogP contribution is -2.33. The first-order chi connectivity index (χ1) is 9.70. The molecule has 104 valence electrons. The number of amides is 1. The largest absolute Gasteiger partial charge is 0.396 e. The summed E-state index contributed by atoms with van der Waals surface area (Å²) in [4.78, 5) is 29.4. The third-order valence-electron chi connectivity index (χ3n) is 3.85. The average molecular weight is 272 g/mol. The summed E-state index contributed by atoms with van der Waals surface area (Å²) in [5.74, 6) is -0.133. The highest BCUT2D eigenvalue weighted by Gasteiger charge is 2.27. The Morgan fingerprint density at radius 1 is 1.40 bits per heavy atom. The number of aromatic nitrogens is 1. The third-order valence-corrected chi connectivity index (χ3v) is 3.85. The van der Waals surface area contributed by atoms with Gasteiger partial charge in [-0.05, 0) is 18.6 Å². The van der Waals surface area contributed by atoms with E-state index in [1.807, 2.05) is 12.1 Å². The van der Waals surface area contributed by atoms with Gasteiger partial charge >= 0.3 is 0 Å². The molecule has 3 rings (SSSR count). The number of pyridine rings is 1. The molecule has 1 fully saturated rings. The number of hydrogen-bond acceptors (Lipinski definition) is 3. The summed E-state index contributed by atoms with van der Waals surface area (Å²) in [6.07, 6.45) is 2.27. The summed E-state index contributed by atoms with van der Waals surface area (Å²) in [5.41, 5.74) is 0.655. The molecule has 1 saturated heterocycles. The molecule has 2 N–H and O–H groups in total. The topological polar surface area (TPSA) is 73.4 Å². The molecule has 1 amide bonds. The van der Waals surface area contributed by atoms with Gasteiger partial charge in [0, 0.05) is 42.7 Å². The van der Waals surface area contributed by atoms with Crippen LogP contribution in [0.4, 0.5) is 0 Å². The molecule has 20 heavy (non-hydrogen) atoms. The summed E-state index contributed by atoms with van der Waals surface area (Å²) < 4.78 is 0. The second kappa shape index (κ2) is 5.09. The molecule has 5 heteroatoms. The Morgan fingerprint density at radius 2 is 2.20 bits per heavy atom. The number of aliphatic hydroxyl groups is 1. The molecule has 1 unspecified atom stereocenters. The zero-order chi connectivity index (χ0) is 14.1. The SMILES string of the molecule is O=C(c1c[nH]c2ccccc2c1=O)N1CCC(CO)C1. The minimum Gasteiger partial charge on any atom is -0.396 e. The van der Waals surface area contributed by atoms with E-state index in [9.17, 15) is 9.59 Å². The van der Waals surface area contributed by atoms with Gasteiger partial charge in [0.05, 0.1) is 0 Å². The van der Waals surface area contributed by atoms with Crippen LogP contribution < -0.4 is 5.43 Å². The summed E-state index contributed by atoms with van der Waals surface area (Å²) in [6.45, 7) is 1.19. The number of benzene rings is 1. The van der Waals surface area contributed by atoms with Gasteiger partial charge in [-0.3, -0.25) is 9.59 Å². The minimum atomic E-state index is -0.257. The zero-order valence-electron chi connectivity index (χ0n) is 11.0. The Bertz CT molecular complexity index is 708. The molecule has 1 atom stereocenters. The Balaban J connectivity index is 1.96. The van der Waals surface area contributed by atoms with Crippen LogP contribution in [0.5, 0.6) is 0 Å². The number of para-hydroxylation sites is 1. The fourth-order valence-electron chi connectivity index (χ4n) is 2.66. The van der Waals surface area contributed by atoms with Crippen LogP contribution in [0.2, 0.25) is 0 Å². The second-order valence-electron chi connectivity index (χ2n) is 5.17. The van der Waals surface area contributed by atoms with Crippen molar-refractivity contribution in [1.82, 2.24) is 9.88 Å². The molecule has 1 aromatic heterocycles. The van der Waals surface area contributed by atoms with E-state index < -0.39 is 0 Å². The number of rotatable bonds is 2. The highest BCUT2D eigenvalue weighted by Crippen LogP contribution is 2.17. The number of nitrogens with zero attached hydrogens (tertiary/aromatic N) is 1. The molecule has 0 saturated carbocycles. The molecule has 5 nitrogen and oxygen atoms in total. The van der Waals surface area contributed by atoms with Gasteiger partial charge in [-0.25, -0.2) is 0 Å². The van der Waals surface area contributed by atoms with E-state index in [0.29, 0.717) is 18.5 Å². The summed E-state index contributed by atoms with van der Waals surface area (Å²) in [7, 11) is 0. The van der Waals surface area contributed by atoms with Gasteiger partial charge in [0.1, 0.15) is 5.56 Å². The Hall–Kier alpha value is -2.14. The maximum absolute atomic E-state index is 12.4. The molecule has 0 radical (unpaired) electrons. The van der Waals surface area contributed by atoms with Crippen LogP contribution in [0.1, 0.15) is 16.8 Å². The number of H-pyrrole nitrogens is 1. The van der Waals surface area contributed by atoms with E-state index in [-0.39, 0.29) is 29.4 Å². The number of likely N-dealkylation sites (tertiary alicyclic amines) is 1. The maximum atomic E-state index is 12.4. The summed E-state index contributed by atoms with van der Waals surface area (Å²) in [5, 5.41) is 9.65. The number of nitrogens with one attached hydrogen (secondary N) is 1. The molecule has 1 aromatic carbocycles. The molecule has 1 aliphatic heterocycles. The van der Waals surface area contributed by atoms with Crippen molar-refractivity contribution in [3.8, 4) is 0 Å². The fraction of sp³-hybridized carbons (Fsp3) is 0.333. The van der Waals surface area contributed by atoms with Gasteiger partial charge in [-0.1, -0.05) is 12.1 Å². The Labute approximate surface area is 115 Å². The van der Waals surface area contributed by atoms with Crippen molar-refractivity contribution in [3.05, 3.63) is 46.2 Å². The summed E-state index contributed by atoms with van der Waals surface area (Å²) in [6, 6.07) is 7.14. The van der Waals surface area contributed by atoms with E-state index in [1.54, 1.807) is 17.0 Å². The lowest BCUT2D eigenvalue weighted by Gasteiger charge is -2.15. The molecule has 0 bridgehead atoms. The highest BCUT2D eigenvalue weighted by molar-refractivity contribution is 5.97. The average Bonchev–Trinajstić information content (AvgIpc) is 2.96. The normalized spacial score (nSPS) is 18.6. The van der Waals surface area contributed by atoms with E-state index >= 15 is 0 Å². The van der Waals surface area contributed by atoms with E-state index in [0.717, 1.165) is 11.9 Å². The van der Waals surface area contributed by atoms with Gasteiger partial charge in [-0.2, -0.15) is 0 Å². The molecule has 2 aromatic rings. The van der Waals surface area contributed by atoms with Crippen LogP contribution in [0, 0.1) is 5.92 Å². The van der Waals surface area contributed by atoms with Gasteiger partial charge in [0.25, 0.3) is 5.91 Å². The first-order valence-electron chi connectivity index (χ1n) is 6.71. The van der Waals surface area contributed by atoms with Gasteiger partial charge in [0.2, 0.25) is 5.43 Å².